The molecule has 0 radical (unpaired) electrons. The number of amides is 1. The number of sulfone groups is 1. The summed E-state index contributed by atoms with van der Waals surface area (Å²) in [4.78, 5) is 10.2. The van der Waals surface area contributed by atoms with E-state index in [1.807, 2.05) is 0 Å². The van der Waals surface area contributed by atoms with Gasteiger partial charge in [0.15, 0.2) is 9.84 Å². The second-order valence-corrected chi connectivity index (χ2v) is 4.17. The topological polar surface area (TPSA) is 77.2 Å². The molecule has 0 spiro atoms. The monoisotopic (exact) mass is 177 g/mol. The fraction of sp³-hybridized carbons (Fsp3) is 0.500. The van der Waals surface area contributed by atoms with E-state index in [1.165, 1.54) is 19.9 Å². The van der Waals surface area contributed by atoms with Crippen LogP contribution >= 0.6 is 0 Å². The van der Waals surface area contributed by atoms with Crippen LogP contribution in [0.4, 0.5) is 0 Å². The molecule has 0 fully saturated rings. The Labute approximate surface area is 66.0 Å². The lowest BCUT2D eigenvalue weighted by atomic mass is 10.5. The number of nitrogens with two attached hydrogens (primary N) is 1. The molecular formula is C6H11NO3S. The summed E-state index contributed by atoms with van der Waals surface area (Å²) in [5, 5.41) is 0. The SMILES string of the molecule is CC=C(C(N)=O)S(=O)(=O)CC. The number of primary amides is 1. The zero-order chi connectivity index (χ0) is 9.07. The van der Waals surface area contributed by atoms with E-state index in [2.05, 4.69) is 0 Å². The zero-order valence-electron chi connectivity index (χ0n) is 6.49. The van der Waals surface area contributed by atoms with Crippen LogP contribution in [0.25, 0.3) is 0 Å². The summed E-state index contributed by atoms with van der Waals surface area (Å²) in [6.07, 6.45) is 1.21. The Bertz CT molecular complexity index is 276. The minimum absolute atomic E-state index is 0.102. The molecule has 0 bridgehead atoms. The molecule has 11 heavy (non-hydrogen) atoms. The number of hydrogen-bond donors (Lipinski definition) is 1. The van der Waals surface area contributed by atoms with E-state index >= 15 is 0 Å². The number of hydrogen-bond acceptors (Lipinski definition) is 3. The molecule has 0 saturated carbocycles. The Kier molecular flexibility index (Phi) is 3.25. The molecule has 0 aromatic carbocycles. The highest BCUT2D eigenvalue weighted by Crippen LogP contribution is 2.05. The predicted molar refractivity (Wildman–Crippen MR) is 42.4 cm³/mol. The lowest BCUT2D eigenvalue weighted by molar-refractivity contribution is -0.113. The maximum Gasteiger partial charge on any atom is 0.259 e. The first kappa shape index (κ1) is 10.2. The summed E-state index contributed by atoms with van der Waals surface area (Å²) in [6.45, 7) is 2.93. The summed E-state index contributed by atoms with van der Waals surface area (Å²) < 4.78 is 22.0. The Morgan fingerprint density at radius 3 is 2.09 bits per heavy atom. The Morgan fingerprint density at radius 1 is 1.55 bits per heavy atom. The van der Waals surface area contributed by atoms with Crippen LogP contribution in [0.15, 0.2) is 11.0 Å². The minimum atomic E-state index is -3.42. The molecule has 0 unspecified atom stereocenters. The van der Waals surface area contributed by atoms with Crippen LogP contribution in [0.5, 0.6) is 0 Å². The molecule has 0 aromatic rings. The van der Waals surface area contributed by atoms with Gasteiger partial charge in [-0.2, -0.15) is 0 Å². The molecular weight excluding hydrogens is 166 g/mol. The summed E-state index contributed by atoms with van der Waals surface area (Å²) in [5.41, 5.74) is 4.82. The van der Waals surface area contributed by atoms with Gasteiger partial charge in [0, 0.05) is 0 Å². The van der Waals surface area contributed by atoms with Gasteiger partial charge in [-0.05, 0) is 6.92 Å². The second-order valence-electron chi connectivity index (χ2n) is 1.92. The normalized spacial score (nSPS) is 13.1. The lowest BCUT2D eigenvalue weighted by Crippen LogP contribution is -2.21. The molecule has 1 amide bonds. The van der Waals surface area contributed by atoms with Gasteiger partial charge in [0.1, 0.15) is 4.91 Å². The summed E-state index contributed by atoms with van der Waals surface area (Å²) in [5.74, 6) is -0.996. The first-order valence-corrected chi connectivity index (χ1v) is 4.79. The first-order chi connectivity index (χ1) is 4.95. The molecule has 0 heterocycles. The van der Waals surface area contributed by atoms with Crippen LogP contribution in [0.3, 0.4) is 0 Å². The molecule has 5 heteroatoms. The summed E-state index contributed by atoms with van der Waals surface area (Å²) in [7, 11) is -3.42. The fourth-order valence-electron chi connectivity index (χ4n) is 0.631. The van der Waals surface area contributed by atoms with Gasteiger partial charge >= 0.3 is 0 Å². The average Bonchev–Trinajstić information content (AvgIpc) is 1.88. The van der Waals surface area contributed by atoms with Gasteiger partial charge in [-0.15, -0.1) is 0 Å². The van der Waals surface area contributed by atoms with Crippen LogP contribution in [-0.4, -0.2) is 20.1 Å². The minimum Gasteiger partial charge on any atom is -0.365 e. The highest BCUT2D eigenvalue weighted by atomic mass is 32.2. The van der Waals surface area contributed by atoms with Crippen LogP contribution in [0.2, 0.25) is 0 Å². The van der Waals surface area contributed by atoms with Gasteiger partial charge < -0.3 is 5.73 Å². The molecule has 0 aliphatic heterocycles. The molecule has 0 rings (SSSR count). The van der Waals surface area contributed by atoms with E-state index < -0.39 is 15.7 Å². The Morgan fingerprint density at radius 2 is 2.00 bits per heavy atom. The maximum atomic E-state index is 11.0. The molecule has 0 aliphatic rings. The quantitative estimate of drug-likeness (QED) is 0.607. The third-order valence-corrected chi connectivity index (χ3v) is 3.09. The molecule has 0 atom stereocenters. The van der Waals surface area contributed by atoms with Crippen LogP contribution in [0.1, 0.15) is 13.8 Å². The first-order valence-electron chi connectivity index (χ1n) is 3.14. The Balaban J connectivity index is 5.00. The van der Waals surface area contributed by atoms with E-state index in [0.717, 1.165) is 0 Å². The van der Waals surface area contributed by atoms with Crippen molar-refractivity contribution < 1.29 is 13.2 Å². The Hall–Kier alpha value is -0.840. The van der Waals surface area contributed by atoms with Crippen molar-refractivity contribution in [3.8, 4) is 0 Å². The number of carbonyl (C=O) groups is 1. The van der Waals surface area contributed by atoms with Crippen molar-refractivity contribution in [2.75, 3.05) is 5.75 Å². The van der Waals surface area contributed by atoms with E-state index in [9.17, 15) is 13.2 Å². The van der Waals surface area contributed by atoms with Crippen molar-refractivity contribution in [3.05, 3.63) is 11.0 Å². The number of carbonyl (C=O) groups excluding carboxylic acids is 1. The third kappa shape index (κ3) is 2.34. The summed E-state index contributed by atoms with van der Waals surface area (Å²) in [6, 6.07) is 0. The lowest BCUT2D eigenvalue weighted by Gasteiger charge is -2.00. The van der Waals surface area contributed by atoms with Gasteiger partial charge in [-0.3, -0.25) is 4.79 Å². The van der Waals surface area contributed by atoms with Crippen molar-refractivity contribution in [2.45, 2.75) is 13.8 Å². The van der Waals surface area contributed by atoms with E-state index in [4.69, 9.17) is 5.73 Å². The summed E-state index contributed by atoms with van der Waals surface area (Å²) >= 11 is 0. The molecule has 4 nitrogen and oxygen atoms in total. The fourth-order valence-corrected chi connectivity index (χ4v) is 1.61. The molecule has 0 aliphatic carbocycles. The third-order valence-electron chi connectivity index (χ3n) is 1.22. The van der Waals surface area contributed by atoms with Crippen molar-refractivity contribution in [1.82, 2.24) is 0 Å². The second kappa shape index (κ2) is 3.52. The van der Waals surface area contributed by atoms with Crippen molar-refractivity contribution in [3.63, 3.8) is 0 Å². The van der Waals surface area contributed by atoms with Gasteiger partial charge in [0.2, 0.25) is 0 Å². The number of allylic oxidation sites excluding steroid dienone is 1. The molecule has 64 valence electrons. The van der Waals surface area contributed by atoms with Gasteiger partial charge in [-0.25, -0.2) is 8.42 Å². The van der Waals surface area contributed by atoms with Gasteiger partial charge in [-0.1, -0.05) is 13.0 Å². The largest absolute Gasteiger partial charge is 0.365 e. The predicted octanol–water partition coefficient (Wildman–Crippen LogP) is -0.190. The van der Waals surface area contributed by atoms with Crippen LogP contribution in [0, 0.1) is 0 Å². The van der Waals surface area contributed by atoms with Gasteiger partial charge in [0.25, 0.3) is 5.91 Å². The van der Waals surface area contributed by atoms with Crippen LogP contribution in [-0.2, 0) is 14.6 Å². The smallest absolute Gasteiger partial charge is 0.259 e. The van der Waals surface area contributed by atoms with Crippen molar-refractivity contribution in [2.24, 2.45) is 5.73 Å². The molecule has 0 aromatic heterocycles. The average molecular weight is 177 g/mol. The number of rotatable bonds is 3. The standard InChI is InChI=1S/C6H11NO3S/c1-3-5(6(7)8)11(9,10)4-2/h3H,4H2,1-2H3,(H2,7,8). The van der Waals surface area contributed by atoms with Crippen molar-refractivity contribution in [1.29, 1.82) is 0 Å². The zero-order valence-corrected chi connectivity index (χ0v) is 7.31. The highest BCUT2D eigenvalue weighted by Gasteiger charge is 2.18. The van der Waals surface area contributed by atoms with E-state index in [-0.39, 0.29) is 10.7 Å². The highest BCUT2D eigenvalue weighted by molar-refractivity contribution is 7.96. The van der Waals surface area contributed by atoms with Crippen molar-refractivity contribution >= 4 is 15.7 Å². The molecule has 0 saturated heterocycles. The van der Waals surface area contributed by atoms with Crippen LogP contribution < -0.4 is 5.73 Å². The van der Waals surface area contributed by atoms with Gasteiger partial charge in [0.05, 0.1) is 5.75 Å². The van der Waals surface area contributed by atoms with E-state index in [1.54, 1.807) is 0 Å². The maximum absolute atomic E-state index is 11.0. The molecule has 2 N–H and O–H groups in total. The van der Waals surface area contributed by atoms with E-state index in [0.29, 0.717) is 0 Å².